The quantitative estimate of drug-likeness (QED) is 0.672. The molecule has 0 fully saturated rings. The molecule has 0 spiro atoms. The molecule has 1 N–H and O–H groups in total. The Morgan fingerprint density at radius 1 is 1.58 bits per heavy atom. The van der Waals surface area contributed by atoms with Crippen molar-refractivity contribution >= 4 is 22.5 Å². The Bertz CT molecular complexity index is 406. The number of nitrogens with one attached hydrogen (secondary N) is 1. The zero-order valence-corrected chi connectivity index (χ0v) is 7.52. The van der Waals surface area contributed by atoms with Gasteiger partial charge in [0.15, 0.2) is 5.15 Å². The van der Waals surface area contributed by atoms with Crippen molar-refractivity contribution < 1.29 is 0 Å². The first-order chi connectivity index (χ1) is 5.83. The molecule has 0 amide bonds. The number of aromatic nitrogens is 2. The van der Waals surface area contributed by atoms with E-state index in [-0.39, 0.29) is 0 Å². The molecule has 2 rings (SSSR count). The normalized spacial score (nSPS) is 10.8. The van der Waals surface area contributed by atoms with Gasteiger partial charge in [0, 0.05) is 17.8 Å². The molecule has 2 aromatic heterocycles. The van der Waals surface area contributed by atoms with Crippen molar-refractivity contribution in [3.8, 4) is 0 Å². The van der Waals surface area contributed by atoms with Crippen LogP contribution in [0.25, 0.3) is 10.9 Å². The van der Waals surface area contributed by atoms with Crippen LogP contribution in [0.1, 0.15) is 12.5 Å². The predicted molar refractivity (Wildman–Crippen MR) is 50.5 cm³/mol. The standard InChI is InChI=1S/C9H9ClN2/c1-2-6-5-12-8-7(6)3-4-11-9(8)10/h3-5,12H,2H2,1H3. The van der Waals surface area contributed by atoms with Crippen molar-refractivity contribution in [1.29, 1.82) is 0 Å². The van der Waals surface area contributed by atoms with Gasteiger partial charge >= 0.3 is 0 Å². The number of H-pyrrole nitrogens is 1. The van der Waals surface area contributed by atoms with Crippen LogP contribution in [0.15, 0.2) is 18.5 Å². The number of fused-ring (bicyclic) bond motifs is 1. The molecule has 2 heterocycles. The molecule has 0 radical (unpaired) electrons. The van der Waals surface area contributed by atoms with Crippen LogP contribution in [0.2, 0.25) is 5.15 Å². The molecule has 2 nitrogen and oxygen atoms in total. The van der Waals surface area contributed by atoms with Crippen molar-refractivity contribution in [3.63, 3.8) is 0 Å². The van der Waals surface area contributed by atoms with E-state index in [1.807, 2.05) is 12.3 Å². The Morgan fingerprint density at radius 3 is 3.17 bits per heavy atom. The molecule has 62 valence electrons. The number of aryl methyl sites for hydroxylation is 1. The fourth-order valence-corrected chi connectivity index (χ4v) is 1.58. The molecule has 0 aliphatic carbocycles. The number of pyridine rings is 1. The minimum atomic E-state index is 0.548. The SMILES string of the molecule is CCc1c[nH]c2c(Cl)nccc12. The van der Waals surface area contributed by atoms with Crippen LogP contribution >= 0.6 is 11.6 Å². The largest absolute Gasteiger partial charge is 0.358 e. The molecular formula is C9H9ClN2. The van der Waals surface area contributed by atoms with E-state index in [2.05, 4.69) is 16.9 Å². The zero-order valence-electron chi connectivity index (χ0n) is 6.76. The summed E-state index contributed by atoms with van der Waals surface area (Å²) in [6, 6.07) is 1.98. The summed E-state index contributed by atoms with van der Waals surface area (Å²) < 4.78 is 0. The van der Waals surface area contributed by atoms with E-state index in [1.54, 1.807) is 6.20 Å². The van der Waals surface area contributed by atoms with Gasteiger partial charge in [-0.1, -0.05) is 18.5 Å². The first-order valence-corrected chi connectivity index (χ1v) is 4.31. The van der Waals surface area contributed by atoms with Crippen LogP contribution in [0.4, 0.5) is 0 Å². The number of hydrogen-bond acceptors (Lipinski definition) is 1. The van der Waals surface area contributed by atoms with Gasteiger partial charge in [-0.3, -0.25) is 0 Å². The van der Waals surface area contributed by atoms with E-state index in [0.717, 1.165) is 11.9 Å². The van der Waals surface area contributed by atoms with E-state index in [9.17, 15) is 0 Å². The minimum Gasteiger partial charge on any atom is -0.358 e. The minimum absolute atomic E-state index is 0.548. The average molecular weight is 181 g/mol. The van der Waals surface area contributed by atoms with E-state index in [4.69, 9.17) is 11.6 Å². The second-order valence-electron chi connectivity index (χ2n) is 2.69. The van der Waals surface area contributed by atoms with Crippen LogP contribution in [-0.2, 0) is 6.42 Å². The maximum absolute atomic E-state index is 5.88. The van der Waals surface area contributed by atoms with Crippen molar-refractivity contribution in [2.24, 2.45) is 0 Å². The lowest BCUT2D eigenvalue weighted by molar-refractivity contribution is 1.15. The van der Waals surface area contributed by atoms with Gasteiger partial charge in [0.05, 0.1) is 5.52 Å². The summed E-state index contributed by atoms with van der Waals surface area (Å²) in [6.45, 7) is 2.12. The third-order valence-electron chi connectivity index (χ3n) is 2.02. The van der Waals surface area contributed by atoms with Gasteiger partial charge in [-0.25, -0.2) is 4.98 Å². The third-order valence-corrected chi connectivity index (χ3v) is 2.31. The maximum Gasteiger partial charge on any atom is 0.153 e. The lowest BCUT2D eigenvalue weighted by atomic mass is 10.2. The van der Waals surface area contributed by atoms with Crippen molar-refractivity contribution in [3.05, 3.63) is 29.2 Å². The average Bonchev–Trinajstić information content (AvgIpc) is 2.49. The molecule has 0 saturated heterocycles. The Hall–Kier alpha value is -1.02. The van der Waals surface area contributed by atoms with Gasteiger partial charge < -0.3 is 4.98 Å². The summed E-state index contributed by atoms with van der Waals surface area (Å²) in [5, 5.41) is 1.73. The van der Waals surface area contributed by atoms with E-state index in [0.29, 0.717) is 5.15 Å². The van der Waals surface area contributed by atoms with Crippen molar-refractivity contribution in [2.75, 3.05) is 0 Å². The van der Waals surface area contributed by atoms with Gasteiger partial charge in [-0.2, -0.15) is 0 Å². The molecule has 0 atom stereocenters. The summed E-state index contributed by atoms with van der Waals surface area (Å²) in [4.78, 5) is 7.10. The van der Waals surface area contributed by atoms with Gasteiger partial charge in [0.1, 0.15) is 0 Å². The fourth-order valence-electron chi connectivity index (χ4n) is 1.37. The number of hydrogen-bond donors (Lipinski definition) is 1. The number of nitrogens with zero attached hydrogens (tertiary/aromatic N) is 1. The van der Waals surface area contributed by atoms with Gasteiger partial charge in [0.2, 0.25) is 0 Å². The van der Waals surface area contributed by atoms with Gasteiger partial charge in [-0.05, 0) is 18.1 Å². The highest BCUT2D eigenvalue weighted by Crippen LogP contribution is 2.22. The van der Waals surface area contributed by atoms with Crippen LogP contribution in [-0.4, -0.2) is 9.97 Å². The van der Waals surface area contributed by atoms with E-state index < -0.39 is 0 Å². The first-order valence-electron chi connectivity index (χ1n) is 3.93. The van der Waals surface area contributed by atoms with Gasteiger partial charge in [0.25, 0.3) is 0 Å². The summed E-state index contributed by atoms with van der Waals surface area (Å²) in [6.07, 6.45) is 4.73. The monoisotopic (exact) mass is 180 g/mol. The topological polar surface area (TPSA) is 28.7 Å². The Morgan fingerprint density at radius 2 is 2.42 bits per heavy atom. The summed E-state index contributed by atoms with van der Waals surface area (Å²) in [7, 11) is 0. The molecule has 2 aromatic rings. The van der Waals surface area contributed by atoms with Crippen LogP contribution in [0.3, 0.4) is 0 Å². The number of rotatable bonds is 1. The highest BCUT2D eigenvalue weighted by atomic mass is 35.5. The molecule has 0 aliphatic heterocycles. The zero-order chi connectivity index (χ0) is 8.55. The lowest BCUT2D eigenvalue weighted by Gasteiger charge is -1.93. The van der Waals surface area contributed by atoms with Crippen molar-refractivity contribution in [2.45, 2.75) is 13.3 Å². The second kappa shape index (κ2) is 2.79. The summed E-state index contributed by atoms with van der Waals surface area (Å²) in [5.41, 5.74) is 2.23. The number of halogens is 1. The molecule has 12 heavy (non-hydrogen) atoms. The summed E-state index contributed by atoms with van der Waals surface area (Å²) >= 11 is 5.88. The molecule has 0 aliphatic rings. The smallest absolute Gasteiger partial charge is 0.153 e. The molecule has 3 heteroatoms. The van der Waals surface area contributed by atoms with Gasteiger partial charge in [-0.15, -0.1) is 0 Å². The summed E-state index contributed by atoms with van der Waals surface area (Å²) in [5.74, 6) is 0. The van der Waals surface area contributed by atoms with Crippen LogP contribution < -0.4 is 0 Å². The van der Waals surface area contributed by atoms with E-state index >= 15 is 0 Å². The van der Waals surface area contributed by atoms with Crippen LogP contribution in [0, 0.1) is 0 Å². The highest BCUT2D eigenvalue weighted by molar-refractivity contribution is 6.33. The van der Waals surface area contributed by atoms with Crippen LogP contribution in [0.5, 0.6) is 0 Å². The first kappa shape index (κ1) is 7.62. The predicted octanol–water partition coefficient (Wildman–Crippen LogP) is 2.78. The fraction of sp³-hybridized carbons (Fsp3) is 0.222. The highest BCUT2D eigenvalue weighted by Gasteiger charge is 2.04. The lowest BCUT2D eigenvalue weighted by Crippen LogP contribution is -1.77. The molecule has 0 bridgehead atoms. The Balaban J connectivity index is 2.80. The molecule has 0 aromatic carbocycles. The third kappa shape index (κ3) is 0.994. The maximum atomic E-state index is 5.88. The second-order valence-corrected chi connectivity index (χ2v) is 3.05. The molecule has 0 saturated carbocycles. The molecular weight excluding hydrogens is 172 g/mol. The Kier molecular flexibility index (Phi) is 1.77. The number of aromatic amines is 1. The Labute approximate surface area is 75.6 Å². The van der Waals surface area contributed by atoms with Crippen molar-refractivity contribution in [1.82, 2.24) is 9.97 Å². The van der Waals surface area contributed by atoms with E-state index in [1.165, 1.54) is 10.9 Å². The molecule has 0 unspecified atom stereocenters.